The first-order valence-electron chi connectivity index (χ1n) is 7.05. The highest BCUT2D eigenvalue weighted by molar-refractivity contribution is 5.22. The van der Waals surface area contributed by atoms with Gasteiger partial charge in [0.1, 0.15) is 0 Å². The fourth-order valence-electron chi connectivity index (χ4n) is 3.00. The molecule has 0 aliphatic heterocycles. The van der Waals surface area contributed by atoms with E-state index in [1.807, 2.05) is 0 Å². The molecule has 0 saturated heterocycles. The Morgan fingerprint density at radius 3 is 2.56 bits per heavy atom. The number of aliphatic hydroxyl groups is 1. The zero-order valence-corrected chi connectivity index (χ0v) is 11.6. The van der Waals surface area contributed by atoms with Crippen molar-refractivity contribution < 1.29 is 5.11 Å². The molecule has 1 aromatic rings. The Morgan fingerprint density at radius 1 is 1.22 bits per heavy atom. The zero-order valence-electron chi connectivity index (χ0n) is 11.6. The number of nitrogens with zero attached hydrogens (tertiary/aromatic N) is 1. The Morgan fingerprint density at radius 2 is 1.94 bits per heavy atom. The quantitative estimate of drug-likeness (QED) is 0.884. The number of rotatable bonds is 4. The van der Waals surface area contributed by atoms with Crippen molar-refractivity contribution in [1.29, 1.82) is 0 Å². The average molecular weight is 247 g/mol. The topological polar surface area (TPSA) is 23.5 Å². The minimum absolute atomic E-state index is 0.369. The van der Waals surface area contributed by atoms with Crippen molar-refractivity contribution in [2.24, 2.45) is 5.92 Å². The van der Waals surface area contributed by atoms with Crippen LogP contribution in [0.5, 0.6) is 0 Å². The van der Waals surface area contributed by atoms with Crippen LogP contribution in [0.15, 0.2) is 24.3 Å². The molecular formula is C16H25NO. The van der Waals surface area contributed by atoms with Crippen LogP contribution in [0.3, 0.4) is 0 Å². The molecule has 18 heavy (non-hydrogen) atoms. The van der Waals surface area contributed by atoms with E-state index >= 15 is 0 Å². The minimum atomic E-state index is 0.369. The Labute approximate surface area is 111 Å². The van der Waals surface area contributed by atoms with Crippen molar-refractivity contribution in [2.75, 3.05) is 13.7 Å². The lowest BCUT2D eigenvalue weighted by atomic mass is 9.86. The summed E-state index contributed by atoms with van der Waals surface area (Å²) in [5.41, 5.74) is 2.74. The molecule has 0 bridgehead atoms. The molecule has 0 spiro atoms. The van der Waals surface area contributed by atoms with E-state index in [0.717, 1.165) is 6.54 Å². The van der Waals surface area contributed by atoms with Crippen LogP contribution in [0.25, 0.3) is 0 Å². The van der Waals surface area contributed by atoms with Crippen LogP contribution >= 0.6 is 0 Å². The number of hydrogen-bond acceptors (Lipinski definition) is 2. The second-order valence-corrected chi connectivity index (χ2v) is 5.76. The van der Waals surface area contributed by atoms with Gasteiger partial charge in [-0.25, -0.2) is 0 Å². The van der Waals surface area contributed by atoms with E-state index in [1.54, 1.807) is 0 Å². The third kappa shape index (κ3) is 3.56. The first-order chi connectivity index (χ1) is 8.69. The predicted molar refractivity (Wildman–Crippen MR) is 75.5 cm³/mol. The van der Waals surface area contributed by atoms with E-state index in [2.05, 4.69) is 43.1 Å². The molecule has 100 valence electrons. The lowest BCUT2D eigenvalue weighted by molar-refractivity contribution is 0.124. The molecular weight excluding hydrogens is 222 g/mol. The molecule has 1 aliphatic carbocycles. The Balaban J connectivity index is 1.87. The van der Waals surface area contributed by atoms with Gasteiger partial charge in [-0.3, -0.25) is 4.90 Å². The molecule has 0 amide bonds. The molecule has 1 aliphatic rings. The second-order valence-electron chi connectivity index (χ2n) is 5.76. The van der Waals surface area contributed by atoms with Gasteiger partial charge in [0.2, 0.25) is 0 Å². The van der Waals surface area contributed by atoms with Gasteiger partial charge >= 0.3 is 0 Å². The molecule has 0 radical (unpaired) electrons. The van der Waals surface area contributed by atoms with E-state index < -0.39 is 0 Å². The summed E-state index contributed by atoms with van der Waals surface area (Å²) >= 11 is 0. The summed E-state index contributed by atoms with van der Waals surface area (Å²) < 4.78 is 0. The third-order valence-electron chi connectivity index (χ3n) is 4.21. The SMILES string of the molecule is Cc1cccc(CN(C)C2CCC(CO)CC2)c1. The van der Waals surface area contributed by atoms with Crippen molar-refractivity contribution in [3.63, 3.8) is 0 Å². The summed E-state index contributed by atoms with van der Waals surface area (Å²) in [6.45, 7) is 3.56. The molecule has 2 rings (SSSR count). The maximum atomic E-state index is 9.17. The molecule has 0 heterocycles. The average Bonchev–Trinajstić information content (AvgIpc) is 2.39. The van der Waals surface area contributed by atoms with Gasteiger partial charge in [-0.15, -0.1) is 0 Å². The minimum Gasteiger partial charge on any atom is -0.396 e. The van der Waals surface area contributed by atoms with E-state index in [9.17, 15) is 0 Å². The first kappa shape index (κ1) is 13.6. The van der Waals surface area contributed by atoms with Gasteiger partial charge in [-0.2, -0.15) is 0 Å². The molecule has 1 fully saturated rings. The molecule has 0 unspecified atom stereocenters. The van der Waals surface area contributed by atoms with Crippen LogP contribution in [-0.2, 0) is 6.54 Å². The number of aliphatic hydroxyl groups excluding tert-OH is 1. The third-order valence-corrected chi connectivity index (χ3v) is 4.21. The largest absolute Gasteiger partial charge is 0.396 e. The number of aryl methyl sites for hydroxylation is 1. The summed E-state index contributed by atoms with van der Waals surface area (Å²) in [7, 11) is 2.23. The molecule has 2 nitrogen and oxygen atoms in total. The lowest BCUT2D eigenvalue weighted by Crippen LogP contribution is -2.35. The first-order valence-corrected chi connectivity index (χ1v) is 7.05. The smallest absolute Gasteiger partial charge is 0.0459 e. The normalized spacial score (nSPS) is 24.4. The van der Waals surface area contributed by atoms with Crippen molar-refractivity contribution in [3.05, 3.63) is 35.4 Å². The lowest BCUT2D eigenvalue weighted by Gasteiger charge is -2.34. The molecule has 0 atom stereocenters. The van der Waals surface area contributed by atoms with Crippen LogP contribution < -0.4 is 0 Å². The van der Waals surface area contributed by atoms with Gasteiger partial charge in [0.15, 0.2) is 0 Å². The maximum Gasteiger partial charge on any atom is 0.0459 e. The Hall–Kier alpha value is -0.860. The van der Waals surface area contributed by atoms with E-state index in [-0.39, 0.29) is 0 Å². The summed E-state index contributed by atoms with van der Waals surface area (Å²) in [5.74, 6) is 0.550. The fraction of sp³-hybridized carbons (Fsp3) is 0.625. The van der Waals surface area contributed by atoms with Gasteiger partial charge in [0, 0.05) is 19.2 Å². The van der Waals surface area contributed by atoms with Crippen LogP contribution in [0.4, 0.5) is 0 Å². The number of benzene rings is 1. The van der Waals surface area contributed by atoms with Crippen LogP contribution in [0, 0.1) is 12.8 Å². The summed E-state index contributed by atoms with van der Waals surface area (Å²) in [6, 6.07) is 9.46. The fourth-order valence-corrected chi connectivity index (χ4v) is 3.00. The summed E-state index contributed by atoms with van der Waals surface area (Å²) in [6.07, 6.45) is 4.82. The van der Waals surface area contributed by atoms with Crippen molar-refractivity contribution in [2.45, 2.75) is 45.2 Å². The number of hydrogen-bond donors (Lipinski definition) is 1. The van der Waals surface area contributed by atoms with E-state index in [0.29, 0.717) is 18.6 Å². The van der Waals surface area contributed by atoms with Crippen LogP contribution in [0.1, 0.15) is 36.8 Å². The van der Waals surface area contributed by atoms with Crippen LogP contribution in [-0.4, -0.2) is 29.7 Å². The molecule has 1 N–H and O–H groups in total. The molecule has 2 heteroatoms. The predicted octanol–water partition coefficient (Wildman–Crippen LogP) is 2.98. The second kappa shape index (κ2) is 6.35. The van der Waals surface area contributed by atoms with Gasteiger partial charge in [0.25, 0.3) is 0 Å². The van der Waals surface area contributed by atoms with E-state index in [4.69, 9.17) is 5.11 Å². The summed E-state index contributed by atoms with van der Waals surface area (Å²) in [5, 5.41) is 9.17. The van der Waals surface area contributed by atoms with Gasteiger partial charge in [-0.05, 0) is 51.1 Å². The van der Waals surface area contributed by atoms with Gasteiger partial charge in [0.05, 0.1) is 0 Å². The van der Waals surface area contributed by atoms with Crippen molar-refractivity contribution in [3.8, 4) is 0 Å². The molecule has 0 aromatic heterocycles. The zero-order chi connectivity index (χ0) is 13.0. The molecule has 1 saturated carbocycles. The maximum absolute atomic E-state index is 9.17. The highest BCUT2D eigenvalue weighted by atomic mass is 16.3. The van der Waals surface area contributed by atoms with Crippen LogP contribution in [0.2, 0.25) is 0 Å². The highest BCUT2D eigenvalue weighted by Crippen LogP contribution is 2.27. The Bertz CT molecular complexity index is 369. The standard InChI is InChI=1S/C16H25NO/c1-13-4-3-5-15(10-13)11-17(2)16-8-6-14(12-18)7-9-16/h3-5,10,14,16,18H,6-9,11-12H2,1-2H3. The van der Waals surface area contributed by atoms with Gasteiger partial charge in [-0.1, -0.05) is 29.8 Å². The summed E-state index contributed by atoms with van der Waals surface area (Å²) in [4.78, 5) is 2.47. The van der Waals surface area contributed by atoms with Gasteiger partial charge < -0.3 is 5.11 Å². The Kier molecular flexibility index (Phi) is 4.79. The van der Waals surface area contributed by atoms with Crippen molar-refractivity contribution >= 4 is 0 Å². The highest BCUT2D eigenvalue weighted by Gasteiger charge is 2.23. The molecule has 1 aromatic carbocycles. The monoisotopic (exact) mass is 247 g/mol. The van der Waals surface area contributed by atoms with E-state index in [1.165, 1.54) is 36.8 Å². The van der Waals surface area contributed by atoms with Crippen molar-refractivity contribution in [1.82, 2.24) is 4.90 Å².